The van der Waals surface area contributed by atoms with E-state index < -0.39 is 22.4 Å². The van der Waals surface area contributed by atoms with E-state index in [1.165, 1.54) is 16.9 Å². The van der Waals surface area contributed by atoms with Gasteiger partial charge in [0.1, 0.15) is 17.9 Å². The van der Waals surface area contributed by atoms with E-state index in [1.54, 1.807) is 7.05 Å². The van der Waals surface area contributed by atoms with Crippen molar-refractivity contribution in [2.45, 2.75) is 6.61 Å². The zero-order valence-corrected chi connectivity index (χ0v) is 10.8. The molecule has 0 fully saturated rings. The minimum absolute atomic E-state index is 0.0279. The summed E-state index contributed by atoms with van der Waals surface area (Å²) in [4.78, 5) is 20.6. The van der Waals surface area contributed by atoms with Crippen molar-refractivity contribution < 1.29 is 24.0 Å². The van der Waals surface area contributed by atoms with Crippen molar-refractivity contribution in [3.63, 3.8) is 0 Å². The second-order valence-corrected chi connectivity index (χ2v) is 4.09. The summed E-state index contributed by atoms with van der Waals surface area (Å²) in [6.07, 6.45) is 1.18. The third-order valence-corrected chi connectivity index (χ3v) is 2.78. The van der Waals surface area contributed by atoms with E-state index in [1.807, 2.05) is 0 Å². The molecule has 110 valence electrons. The molecular formula is C12H10FN3O5. The number of halogens is 1. The van der Waals surface area contributed by atoms with E-state index >= 15 is 0 Å². The average Bonchev–Trinajstić information content (AvgIpc) is 2.77. The predicted octanol–water partition coefficient (Wildman–Crippen LogP) is 1.74. The van der Waals surface area contributed by atoms with E-state index in [-0.39, 0.29) is 17.9 Å². The number of rotatable bonds is 5. The molecule has 0 bridgehead atoms. The summed E-state index contributed by atoms with van der Waals surface area (Å²) in [5.74, 6) is -2.13. The third kappa shape index (κ3) is 2.96. The highest BCUT2D eigenvalue weighted by molar-refractivity contribution is 5.88. The summed E-state index contributed by atoms with van der Waals surface area (Å²) in [6.45, 7) is -0.157. The van der Waals surface area contributed by atoms with Crippen LogP contribution in [0.3, 0.4) is 0 Å². The minimum Gasteiger partial charge on any atom is -0.487 e. The molecule has 9 heteroatoms. The topological polar surface area (TPSA) is 107 Å². The number of nitrogens with zero attached hydrogens (tertiary/aromatic N) is 3. The van der Waals surface area contributed by atoms with Crippen LogP contribution in [0.25, 0.3) is 0 Å². The Hall–Kier alpha value is -2.97. The Balaban J connectivity index is 2.17. The largest absolute Gasteiger partial charge is 0.487 e. The quantitative estimate of drug-likeness (QED) is 0.665. The molecule has 1 aromatic heterocycles. The van der Waals surface area contributed by atoms with Crippen LogP contribution in [0.1, 0.15) is 16.1 Å². The van der Waals surface area contributed by atoms with Gasteiger partial charge in [-0.15, -0.1) is 0 Å². The Bertz CT molecular complexity index is 713. The summed E-state index contributed by atoms with van der Waals surface area (Å²) in [7, 11) is 1.54. The maximum Gasteiger partial charge on any atom is 0.339 e. The lowest BCUT2D eigenvalue weighted by molar-refractivity contribution is -0.387. The molecule has 0 aliphatic carbocycles. The van der Waals surface area contributed by atoms with Gasteiger partial charge in [-0.3, -0.25) is 14.8 Å². The summed E-state index contributed by atoms with van der Waals surface area (Å²) in [5, 5.41) is 23.3. The lowest BCUT2D eigenvalue weighted by Crippen LogP contribution is -2.08. The predicted molar refractivity (Wildman–Crippen MR) is 67.6 cm³/mol. The highest BCUT2D eigenvalue weighted by Gasteiger charge is 2.17. The maximum absolute atomic E-state index is 13.4. The van der Waals surface area contributed by atoms with Gasteiger partial charge in [-0.1, -0.05) is 0 Å². The molecule has 1 aromatic carbocycles. The van der Waals surface area contributed by atoms with Crippen molar-refractivity contribution in [2.75, 3.05) is 0 Å². The fourth-order valence-corrected chi connectivity index (χ4v) is 1.69. The summed E-state index contributed by atoms with van der Waals surface area (Å²) < 4.78 is 20.0. The Morgan fingerprint density at radius 3 is 2.86 bits per heavy atom. The second kappa shape index (κ2) is 5.57. The first kappa shape index (κ1) is 14.4. The monoisotopic (exact) mass is 295 g/mol. The molecule has 1 N–H and O–H groups in total. The number of carbonyl (C=O) groups is 1. The average molecular weight is 295 g/mol. The second-order valence-electron chi connectivity index (χ2n) is 4.09. The molecule has 0 saturated heterocycles. The first-order chi connectivity index (χ1) is 9.90. The van der Waals surface area contributed by atoms with Gasteiger partial charge in [-0.25, -0.2) is 4.79 Å². The number of ether oxygens (including phenoxy) is 1. The minimum atomic E-state index is -1.16. The molecule has 0 unspecified atom stereocenters. The molecule has 0 saturated carbocycles. The number of carboxylic acid groups (broad SMARTS) is 1. The molecule has 0 amide bonds. The SMILES string of the molecule is Cn1ncc(C(=O)O)c1COc1ccc([N+](=O)[O-])c(F)c1. The fraction of sp³-hybridized carbons (Fsp3) is 0.167. The highest BCUT2D eigenvalue weighted by atomic mass is 19.1. The van der Waals surface area contributed by atoms with Crippen LogP contribution >= 0.6 is 0 Å². The molecule has 8 nitrogen and oxygen atoms in total. The number of hydrogen-bond donors (Lipinski definition) is 1. The zero-order chi connectivity index (χ0) is 15.6. The van der Waals surface area contributed by atoms with Crippen molar-refractivity contribution in [1.82, 2.24) is 9.78 Å². The number of aromatic nitrogens is 2. The number of nitro groups is 1. The summed E-state index contributed by atoms with van der Waals surface area (Å²) >= 11 is 0. The van der Waals surface area contributed by atoms with Gasteiger partial charge in [0, 0.05) is 19.2 Å². The Morgan fingerprint density at radius 1 is 1.57 bits per heavy atom. The number of nitro benzene ring substituents is 1. The van der Waals surface area contributed by atoms with Crippen LogP contribution in [0.15, 0.2) is 24.4 Å². The summed E-state index contributed by atoms with van der Waals surface area (Å²) in [6, 6.07) is 3.08. The number of hydrogen-bond acceptors (Lipinski definition) is 5. The molecule has 0 aliphatic heterocycles. The first-order valence-corrected chi connectivity index (χ1v) is 5.71. The summed E-state index contributed by atoms with van der Waals surface area (Å²) in [5.41, 5.74) is -0.393. The van der Waals surface area contributed by atoms with Crippen LogP contribution in [-0.2, 0) is 13.7 Å². The van der Waals surface area contributed by atoms with Crippen LogP contribution in [0.5, 0.6) is 5.75 Å². The Labute approximate surface area is 117 Å². The molecule has 0 spiro atoms. The lowest BCUT2D eigenvalue weighted by Gasteiger charge is -2.07. The normalized spacial score (nSPS) is 10.4. The van der Waals surface area contributed by atoms with Gasteiger partial charge >= 0.3 is 11.7 Å². The van der Waals surface area contributed by atoms with E-state index in [4.69, 9.17) is 9.84 Å². The smallest absolute Gasteiger partial charge is 0.339 e. The van der Waals surface area contributed by atoms with Crippen molar-refractivity contribution >= 4 is 11.7 Å². The van der Waals surface area contributed by atoms with Crippen molar-refractivity contribution in [2.24, 2.45) is 7.05 Å². The molecule has 0 radical (unpaired) electrons. The van der Waals surface area contributed by atoms with E-state index in [9.17, 15) is 19.3 Å². The van der Waals surface area contributed by atoms with E-state index in [0.29, 0.717) is 5.69 Å². The van der Waals surface area contributed by atoms with Gasteiger partial charge in [0.25, 0.3) is 0 Å². The number of aryl methyl sites for hydroxylation is 1. The fourth-order valence-electron chi connectivity index (χ4n) is 1.69. The molecule has 2 rings (SSSR count). The van der Waals surface area contributed by atoms with Crippen LogP contribution in [0.4, 0.5) is 10.1 Å². The van der Waals surface area contributed by atoms with Gasteiger partial charge in [0.05, 0.1) is 16.8 Å². The van der Waals surface area contributed by atoms with Gasteiger partial charge < -0.3 is 9.84 Å². The van der Waals surface area contributed by atoms with E-state index in [0.717, 1.165) is 12.1 Å². The number of carboxylic acids is 1. The van der Waals surface area contributed by atoms with Crippen LogP contribution in [0.2, 0.25) is 0 Å². The molecule has 0 aliphatic rings. The molecule has 0 atom stereocenters. The standard InChI is InChI=1S/C12H10FN3O5/c1-15-11(8(5-14-15)12(17)18)6-21-7-2-3-10(16(19)20)9(13)4-7/h2-5H,6H2,1H3,(H,17,18). The van der Waals surface area contributed by atoms with Crippen LogP contribution in [-0.4, -0.2) is 25.8 Å². The molecular weight excluding hydrogens is 285 g/mol. The Kier molecular flexibility index (Phi) is 3.83. The van der Waals surface area contributed by atoms with Crippen LogP contribution in [0, 0.1) is 15.9 Å². The highest BCUT2D eigenvalue weighted by Crippen LogP contribution is 2.23. The van der Waals surface area contributed by atoms with Gasteiger partial charge in [-0.2, -0.15) is 9.49 Å². The molecule has 1 heterocycles. The van der Waals surface area contributed by atoms with Crippen molar-refractivity contribution in [1.29, 1.82) is 0 Å². The molecule has 21 heavy (non-hydrogen) atoms. The van der Waals surface area contributed by atoms with Gasteiger partial charge in [-0.05, 0) is 6.07 Å². The zero-order valence-electron chi connectivity index (χ0n) is 10.8. The van der Waals surface area contributed by atoms with Gasteiger partial charge in [0.15, 0.2) is 0 Å². The van der Waals surface area contributed by atoms with Gasteiger partial charge in [0.2, 0.25) is 5.82 Å². The molecule has 2 aromatic rings. The van der Waals surface area contributed by atoms with Crippen LogP contribution < -0.4 is 4.74 Å². The Morgan fingerprint density at radius 2 is 2.29 bits per heavy atom. The first-order valence-electron chi connectivity index (χ1n) is 5.71. The lowest BCUT2D eigenvalue weighted by atomic mass is 10.2. The van der Waals surface area contributed by atoms with E-state index in [2.05, 4.69) is 5.10 Å². The van der Waals surface area contributed by atoms with Crippen molar-refractivity contribution in [3.8, 4) is 5.75 Å². The number of benzene rings is 1. The number of aromatic carboxylic acids is 1. The third-order valence-electron chi connectivity index (χ3n) is 2.78. The maximum atomic E-state index is 13.4. The van der Waals surface area contributed by atoms with Crippen molar-refractivity contribution in [3.05, 3.63) is 51.6 Å².